The second-order valence-corrected chi connectivity index (χ2v) is 10.1. The highest BCUT2D eigenvalue weighted by Crippen LogP contribution is 2.55. The van der Waals surface area contributed by atoms with Crippen LogP contribution in [-0.4, -0.2) is 59.4 Å². The first-order chi connectivity index (χ1) is 16.1. The summed E-state index contributed by atoms with van der Waals surface area (Å²) in [5, 5.41) is 0. The van der Waals surface area contributed by atoms with Gasteiger partial charge in [-0.3, -0.25) is 24.3 Å². The quantitative estimate of drug-likeness (QED) is 0.526. The van der Waals surface area contributed by atoms with Gasteiger partial charge in [0.15, 0.2) is 0 Å². The lowest BCUT2D eigenvalue weighted by Gasteiger charge is -2.40. The number of piperazine rings is 1. The van der Waals surface area contributed by atoms with E-state index in [2.05, 4.69) is 83.5 Å². The zero-order chi connectivity index (χ0) is 22.5. The van der Waals surface area contributed by atoms with Crippen molar-refractivity contribution in [3.05, 3.63) is 83.4 Å². The fourth-order valence-corrected chi connectivity index (χ4v) is 6.72. The molecule has 0 aromatic heterocycles. The van der Waals surface area contributed by atoms with Crippen LogP contribution in [-0.2, 0) is 9.59 Å². The Kier molecular flexibility index (Phi) is 5.19. The summed E-state index contributed by atoms with van der Waals surface area (Å²) < 4.78 is 0. The molecule has 4 aliphatic rings. The molecule has 0 unspecified atom stereocenters. The van der Waals surface area contributed by atoms with Crippen molar-refractivity contribution in [3.8, 4) is 0 Å². The number of hydrogen-bond acceptors (Lipinski definition) is 4. The Labute approximate surface area is 195 Å². The van der Waals surface area contributed by atoms with Crippen molar-refractivity contribution in [2.45, 2.75) is 19.4 Å². The SMILES string of the molecule is CC1=C[C@H]2C[C@@H]1[C@@H]1C(=O)N(CN3CCN(C(c4ccccc4)c4ccccc4)CC3)C(=O)[C@@H]12. The molecule has 2 aliphatic heterocycles. The van der Waals surface area contributed by atoms with Gasteiger partial charge in [0.25, 0.3) is 0 Å². The van der Waals surface area contributed by atoms with E-state index in [-0.39, 0.29) is 41.5 Å². The second-order valence-electron chi connectivity index (χ2n) is 10.1. The van der Waals surface area contributed by atoms with Crippen LogP contribution in [0.25, 0.3) is 0 Å². The van der Waals surface area contributed by atoms with Crippen LogP contribution in [0.2, 0.25) is 0 Å². The standard InChI is InChI=1S/C28H31N3O2/c1-19-16-22-17-23(19)25-24(22)27(32)31(28(25)33)18-29-12-14-30(15-13-29)26(20-8-4-2-5-9-20)21-10-6-3-7-11-21/h2-11,16,22-26H,12-15,17-18H2,1H3/t22-,23-,24+,25-/m0/s1. The van der Waals surface area contributed by atoms with E-state index >= 15 is 0 Å². The topological polar surface area (TPSA) is 43.9 Å². The van der Waals surface area contributed by atoms with E-state index in [9.17, 15) is 9.59 Å². The Hall–Kier alpha value is -2.76. The van der Waals surface area contributed by atoms with Crippen LogP contribution in [0.4, 0.5) is 0 Å². The molecule has 1 saturated carbocycles. The first kappa shape index (κ1) is 20.8. The summed E-state index contributed by atoms with van der Waals surface area (Å²) in [6.07, 6.45) is 3.23. The van der Waals surface area contributed by atoms with Gasteiger partial charge < -0.3 is 0 Å². The third-order valence-electron chi connectivity index (χ3n) is 8.32. The van der Waals surface area contributed by atoms with E-state index in [4.69, 9.17) is 0 Å². The number of amides is 2. The summed E-state index contributed by atoms with van der Waals surface area (Å²) in [7, 11) is 0. The van der Waals surface area contributed by atoms with E-state index in [1.807, 2.05) is 0 Å². The van der Waals surface area contributed by atoms with E-state index in [1.165, 1.54) is 16.7 Å². The first-order valence-electron chi connectivity index (χ1n) is 12.2. The van der Waals surface area contributed by atoms with Gasteiger partial charge in [0.2, 0.25) is 11.8 Å². The lowest BCUT2D eigenvalue weighted by atomic mass is 9.82. The highest BCUT2D eigenvalue weighted by molar-refractivity contribution is 6.06. The number of allylic oxidation sites excluding steroid dienone is 2. The van der Waals surface area contributed by atoms with Crippen molar-refractivity contribution in [2.24, 2.45) is 23.7 Å². The molecule has 0 radical (unpaired) electrons. The van der Waals surface area contributed by atoms with Crippen LogP contribution in [0.1, 0.15) is 30.5 Å². The zero-order valence-corrected chi connectivity index (χ0v) is 19.1. The Bertz CT molecular complexity index is 1040. The van der Waals surface area contributed by atoms with Crippen molar-refractivity contribution in [1.29, 1.82) is 0 Å². The minimum absolute atomic E-state index is 0.0649. The Balaban J connectivity index is 1.14. The van der Waals surface area contributed by atoms with E-state index in [0.717, 1.165) is 32.6 Å². The maximum Gasteiger partial charge on any atom is 0.234 e. The van der Waals surface area contributed by atoms with Crippen LogP contribution >= 0.6 is 0 Å². The summed E-state index contributed by atoms with van der Waals surface area (Å²) in [6, 6.07) is 21.6. The third kappa shape index (κ3) is 3.46. The molecule has 5 heteroatoms. The first-order valence-corrected chi connectivity index (χ1v) is 12.2. The molecule has 6 rings (SSSR count). The third-order valence-corrected chi connectivity index (χ3v) is 8.32. The van der Waals surface area contributed by atoms with Crippen molar-refractivity contribution >= 4 is 11.8 Å². The Morgan fingerprint density at radius 1 is 0.818 bits per heavy atom. The summed E-state index contributed by atoms with van der Waals surface area (Å²) in [5.74, 6) is 0.489. The normalized spacial score (nSPS) is 29.8. The maximum absolute atomic E-state index is 13.2. The molecule has 5 nitrogen and oxygen atoms in total. The number of carbonyl (C=O) groups excluding carboxylic acids is 2. The van der Waals surface area contributed by atoms with Crippen LogP contribution in [0.15, 0.2) is 72.3 Å². The van der Waals surface area contributed by atoms with Gasteiger partial charge in [0, 0.05) is 26.2 Å². The van der Waals surface area contributed by atoms with Crippen LogP contribution in [0.3, 0.4) is 0 Å². The molecule has 2 aromatic carbocycles. The number of likely N-dealkylation sites (tertiary alicyclic amines) is 1. The van der Waals surface area contributed by atoms with Crippen LogP contribution in [0, 0.1) is 23.7 Å². The van der Waals surface area contributed by atoms with E-state index in [1.54, 1.807) is 4.90 Å². The summed E-state index contributed by atoms with van der Waals surface area (Å²) >= 11 is 0. The van der Waals surface area contributed by atoms with Crippen LogP contribution in [0.5, 0.6) is 0 Å². The summed E-state index contributed by atoms with van der Waals surface area (Å²) in [5.41, 5.74) is 3.91. The van der Waals surface area contributed by atoms with Gasteiger partial charge in [-0.05, 0) is 36.3 Å². The fraction of sp³-hybridized carbons (Fsp3) is 0.429. The molecule has 2 amide bonds. The molecule has 4 atom stereocenters. The molecule has 3 fully saturated rings. The second kappa shape index (κ2) is 8.23. The average molecular weight is 442 g/mol. The molecule has 2 heterocycles. The lowest BCUT2D eigenvalue weighted by molar-refractivity contribution is -0.143. The molecule has 2 bridgehead atoms. The van der Waals surface area contributed by atoms with Crippen LogP contribution < -0.4 is 0 Å². The molecular formula is C28H31N3O2. The average Bonchev–Trinajstić information content (AvgIpc) is 3.48. The van der Waals surface area contributed by atoms with Gasteiger partial charge in [-0.2, -0.15) is 0 Å². The van der Waals surface area contributed by atoms with Gasteiger partial charge in [0.1, 0.15) is 0 Å². The maximum atomic E-state index is 13.2. The minimum Gasteiger partial charge on any atom is -0.290 e. The number of carbonyl (C=O) groups is 2. The number of imide groups is 1. The molecule has 0 N–H and O–H groups in total. The minimum atomic E-state index is -0.104. The molecule has 2 aromatic rings. The largest absolute Gasteiger partial charge is 0.290 e. The number of nitrogens with zero attached hydrogens (tertiary/aromatic N) is 3. The fourth-order valence-electron chi connectivity index (χ4n) is 6.72. The van der Waals surface area contributed by atoms with Crippen molar-refractivity contribution in [2.75, 3.05) is 32.8 Å². The summed E-state index contributed by atoms with van der Waals surface area (Å²) in [4.78, 5) is 32.7. The highest BCUT2D eigenvalue weighted by Gasteiger charge is 2.60. The van der Waals surface area contributed by atoms with Crippen molar-refractivity contribution in [3.63, 3.8) is 0 Å². The number of hydrogen-bond donors (Lipinski definition) is 0. The predicted molar refractivity (Wildman–Crippen MR) is 127 cm³/mol. The molecule has 2 saturated heterocycles. The smallest absolute Gasteiger partial charge is 0.234 e. The summed E-state index contributed by atoms with van der Waals surface area (Å²) in [6.45, 7) is 6.08. The number of fused-ring (bicyclic) bond motifs is 5. The highest BCUT2D eigenvalue weighted by atomic mass is 16.2. The zero-order valence-electron chi connectivity index (χ0n) is 19.1. The number of rotatable bonds is 5. The number of benzene rings is 2. The predicted octanol–water partition coefficient (Wildman–Crippen LogP) is 3.55. The van der Waals surface area contributed by atoms with E-state index < -0.39 is 0 Å². The Morgan fingerprint density at radius 2 is 1.39 bits per heavy atom. The van der Waals surface area contributed by atoms with Crippen molar-refractivity contribution in [1.82, 2.24) is 14.7 Å². The molecular weight excluding hydrogens is 410 g/mol. The molecule has 0 spiro atoms. The van der Waals surface area contributed by atoms with Gasteiger partial charge in [-0.25, -0.2) is 0 Å². The molecule has 170 valence electrons. The molecule has 2 aliphatic carbocycles. The monoisotopic (exact) mass is 441 g/mol. The lowest BCUT2D eigenvalue weighted by Crippen LogP contribution is -2.52. The van der Waals surface area contributed by atoms with Gasteiger partial charge in [-0.15, -0.1) is 0 Å². The Morgan fingerprint density at radius 3 is 2.00 bits per heavy atom. The van der Waals surface area contributed by atoms with Gasteiger partial charge in [0.05, 0.1) is 24.5 Å². The van der Waals surface area contributed by atoms with Crippen molar-refractivity contribution < 1.29 is 9.59 Å². The van der Waals surface area contributed by atoms with Gasteiger partial charge >= 0.3 is 0 Å². The molecule has 33 heavy (non-hydrogen) atoms. The van der Waals surface area contributed by atoms with Gasteiger partial charge in [-0.1, -0.05) is 72.3 Å². The van der Waals surface area contributed by atoms with E-state index in [0.29, 0.717) is 6.67 Å².